The molecule has 1 aromatic carbocycles. The molecule has 0 radical (unpaired) electrons. The lowest BCUT2D eigenvalue weighted by Crippen LogP contribution is -2.31. The molecular weight excluding hydrogens is 233 g/mol. The van der Waals surface area contributed by atoms with Crippen molar-refractivity contribution in [3.8, 4) is 5.75 Å². The van der Waals surface area contributed by atoms with Crippen LogP contribution < -0.4 is 10.1 Å². The molecular formula is C14H22FNO2. The molecule has 1 atom stereocenters. The lowest BCUT2D eigenvalue weighted by molar-refractivity contribution is 0.00701. The third-order valence-corrected chi connectivity index (χ3v) is 2.90. The standard InChI is InChI=1S/C14H22FNO2/c1-4-14(3,17)10-18-13-11(9-16-5-2)7-6-8-12(13)15/h6-8,16-17H,4-5,9-10H2,1-3H3. The quantitative estimate of drug-likeness (QED) is 0.786. The molecule has 0 aromatic heterocycles. The molecule has 0 heterocycles. The van der Waals surface area contributed by atoms with Gasteiger partial charge in [-0.25, -0.2) is 4.39 Å². The van der Waals surface area contributed by atoms with Gasteiger partial charge in [0.1, 0.15) is 6.61 Å². The topological polar surface area (TPSA) is 41.5 Å². The van der Waals surface area contributed by atoms with Crippen molar-refractivity contribution < 1.29 is 14.2 Å². The summed E-state index contributed by atoms with van der Waals surface area (Å²) in [7, 11) is 0. The highest BCUT2D eigenvalue weighted by atomic mass is 19.1. The van der Waals surface area contributed by atoms with E-state index < -0.39 is 11.4 Å². The summed E-state index contributed by atoms with van der Waals surface area (Å²) in [4.78, 5) is 0. The monoisotopic (exact) mass is 255 g/mol. The van der Waals surface area contributed by atoms with Crippen molar-refractivity contribution in [2.24, 2.45) is 0 Å². The first-order valence-electron chi connectivity index (χ1n) is 6.33. The number of benzene rings is 1. The van der Waals surface area contributed by atoms with E-state index in [4.69, 9.17) is 4.74 Å². The number of nitrogens with one attached hydrogen (secondary N) is 1. The fourth-order valence-corrected chi connectivity index (χ4v) is 1.44. The Morgan fingerprint density at radius 1 is 1.39 bits per heavy atom. The van der Waals surface area contributed by atoms with Gasteiger partial charge in [-0.15, -0.1) is 0 Å². The molecule has 0 amide bonds. The Balaban J connectivity index is 2.79. The lowest BCUT2D eigenvalue weighted by Gasteiger charge is -2.22. The predicted octanol–water partition coefficient (Wildman–Crippen LogP) is 2.48. The highest BCUT2D eigenvalue weighted by Gasteiger charge is 2.20. The molecule has 1 rings (SSSR count). The van der Waals surface area contributed by atoms with Crippen LogP contribution >= 0.6 is 0 Å². The minimum absolute atomic E-state index is 0.0869. The minimum Gasteiger partial charge on any atom is -0.487 e. The first kappa shape index (κ1) is 14.9. The Labute approximate surface area is 108 Å². The molecule has 18 heavy (non-hydrogen) atoms. The zero-order valence-corrected chi connectivity index (χ0v) is 11.3. The third kappa shape index (κ3) is 4.27. The third-order valence-electron chi connectivity index (χ3n) is 2.90. The van der Waals surface area contributed by atoms with Gasteiger partial charge in [0.25, 0.3) is 0 Å². The summed E-state index contributed by atoms with van der Waals surface area (Å²) in [6, 6.07) is 4.85. The van der Waals surface area contributed by atoms with Gasteiger partial charge in [-0.2, -0.15) is 0 Å². The minimum atomic E-state index is -0.933. The van der Waals surface area contributed by atoms with E-state index in [2.05, 4.69) is 5.32 Å². The van der Waals surface area contributed by atoms with Crippen LogP contribution in [0.5, 0.6) is 5.75 Å². The highest BCUT2D eigenvalue weighted by Crippen LogP contribution is 2.24. The highest BCUT2D eigenvalue weighted by molar-refractivity contribution is 5.35. The smallest absolute Gasteiger partial charge is 0.165 e. The van der Waals surface area contributed by atoms with Crippen LogP contribution in [0.2, 0.25) is 0 Å². The van der Waals surface area contributed by atoms with Gasteiger partial charge in [0.15, 0.2) is 11.6 Å². The second-order valence-electron chi connectivity index (χ2n) is 4.65. The van der Waals surface area contributed by atoms with Crippen molar-refractivity contribution in [2.45, 2.75) is 39.3 Å². The molecule has 1 aromatic rings. The summed E-state index contributed by atoms with van der Waals surface area (Å²) in [5.74, 6) is -0.163. The number of hydrogen-bond donors (Lipinski definition) is 2. The largest absolute Gasteiger partial charge is 0.487 e. The first-order chi connectivity index (χ1) is 8.50. The Morgan fingerprint density at radius 2 is 2.11 bits per heavy atom. The van der Waals surface area contributed by atoms with Gasteiger partial charge in [0, 0.05) is 12.1 Å². The van der Waals surface area contributed by atoms with Crippen molar-refractivity contribution in [2.75, 3.05) is 13.2 Å². The zero-order chi connectivity index (χ0) is 13.6. The average molecular weight is 255 g/mol. The van der Waals surface area contributed by atoms with E-state index in [1.54, 1.807) is 13.0 Å². The fourth-order valence-electron chi connectivity index (χ4n) is 1.44. The van der Waals surface area contributed by atoms with E-state index in [1.807, 2.05) is 19.9 Å². The Hall–Kier alpha value is -1.13. The van der Waals surface area contributed by atoms with Crippen LogP contribution in [0, 0.1) is 5.82 Å². The van der Waals surface area contributed by atoms with Crippen LogP contribution in [0.4, 0.5) is 4.39 Å². The second kappa shape index (κ2) is 6.71. The summed E-state index contributed by atoms with van der Waals surface area (Å²) in [5.41, 5.74) is -0.165. The van der Waals surface area contributed by atoms with E-state index in [-0.39, 0.29) is 12.4 Å². The SMILES string of the molecule is CCNCc1cccc(F)c1OCC(C)(O)CC. The zero-order valence-electron chi connectivity index (χ0n) is 11.3. The molecule has 3 nitrogen and oxygen atoms in total. The van der Waals surface area contributed by atoms with Gasteiger partial charge in [0.05, 0.1) is 5.60 Å². The van der Waals surface area contributed by atoms with Gasteiger partial charge in [-0.3, -0.25) is 0 Å². The Morgan fingerprint density at radius 3 is 2.72 bits per heavy atom. The maximum atomic E-state index is 13.7. The molecule has 4 heteroatoms. The van der Waals surface area contributed by atoms with Crippen LogP contribution in [0.1, 0.15) is 32.8 Å². The van der Waals surface area contributed by atoms with E-state index >= 15 is 0 Å². The maximum absolute atomic E-state index is 13.7. The van der Waals surface area contributed by atoms with Gasteiger partial charge < -0.3 is 15.2 Å². The van der Waals surface area contributed by atoms with Crippen LogP contribution in [0.25, 0.3) is 0 Å². The molecule has 102 valence electrons. The molecule has 0 saturated heterocycles. The molecule has 0 fully saturated rings. The van der Waals surface area contributed by atoms with Gasteiger partial charge in [-0.05, 0) is 26.0 Å². The van der Waals surface area contributed by atoms with E-state index in [1.165, 1.54) is 6.07 Å². The summed E-state index contributed by atoms with van der Waals surface area (Å²) in [6.07, 6.45) is 0.560. The Kier molecular flexibility index (Phi) is 5.56. The number of para-hydroxylation sites is 1. The van der Waals surface area contributed by atoms with Crippen molar-refractivity contribution in [1.29, 1.82) is 0 Å². The fraction of sp³-hybridized carbons (Fsp3) is 0.571. The van der Waals surface area contributed by atoms with E-state index in [0.29, 0.717) is 13.0 Å². The van der Waals surface area contributed by atoms with Crippen molar-refractivity contribution in [3.63, 3.8) is 0 Å². The molecule has 0 aliphatic rings. The number of rotatable bonds is 7. The lowest BCUT2D eigenvalue weighted by atomic mass is 10.1. The van der Waals surface area contributed by atoms with Crippen molar-refractivity contribution >= 4 is 0 Å². The normalized spacial score (nSPS) is 14.3. The summed E-state index contributed by atoms with van der Waals surface area (Å²) < 4.78 is 19.2. The van der Waals surface area contributed by atoms with E-state index in [9.17, 15) is 9.50 Å². The Bertz CT molecular complexity index is 380. The molecule has 0 saturated carbocycles. The van der Waals surface area contributed by atoms with Crippen LogP contribution in [-0.4, -0.2) is 23.9 Å². The van der Waals surface area contributed by atoms with Crippen LogP contribution in [0.15, 0.2) is 18.2 Å². The van der Waals surface area contributed by atoms with Gasteiger partial charge in [0.2, 0.25) is 0 Å². The molecule has 0 bridgehead atoms. The van der Waals surface area contributed by atoms with Crippen molar-refractivity contribution in [1.82, 2.24) is 5.32 Å². The van der Waals surface area contributed by atoms with Gasteiger partial charge in [-0.1, -0.05) is 26.0 Å². The molecule has 0 aliphatic carbocycles. The number of halogens is 1. The van der Waals surface area contributed by atoms with Crippen molar-refractivity contribution in [3.05, 3.63) is 29.6 Å². The predicted molar refractivity (Wildman–Crippen MR) is 70.2 cm³/mol. The molecule has 2 N–H and O–H groups in total. The van der Waals surface area contributed by atoms with Crippen LogP contribution in [0.3, 0.4) is 0 Å². The van der Waals surface area contributed by atoms with Gasteiger partial charge >= 0.3 is 0 Å². The first-order valence-corrected chi connectivity index (χ1v) is 6.33. The molecule has 1 unspecified atom stereocenters. The van der Waals surface area contributed by atoms with Crippen LogP contribution in [-0.2, 0) is 6.54 Å². The summed E-state index contributed by atoms with van der Waals surface area (Å²) >= 11 is 0. The number of hydrogen-bond acceptors (Lipinski definition) is 3. The molecule has 0 spiro atoms. The average Bonchev–Trinajstić information content (AvgIpc) is 2.35. The number of ether oxygens (including phenoxy) is 1. The second-order valence-corrected chi connectivity index (χ2v) is 4.65. The molecule has 0 aliphatic heterocycles. The maximum Gasteiger partial charge on any atom is 0.165 e. The summed E-state index contributed by atoms with van der Waals surface area (Å²) in [6.45, 7) is 6.98. The number of aliphatic hydroxyl groups is 1. The van der Waals surface area contributed by atoms with E-state index in [0.717, 1.165) is 12.1 Å². The summed E-state index contributed by atoms with van der Waals surface area (Å²) in [5, 5.41) is 13.0.